The number of benzene rings is 2. The van der Waals surface area contributed by atoms with Gasteiger partial charge in [0.25, 0.3) is 0 Å². The molecule has 0 unspecified atom stereocenters. The monoisotopic (exact) mass is 578 g/mol. The van der Waals surface area contributed by atoms with Crippen molar-refractivity contribution in [2.75, 3.05) is 50.1 Å². The van der Waals surface area contributed by atoms with Crippen LogP contribution in [0.25, 0.3) is 0 Å². The van der Waals surface area contributed by atoms with Crippen LogP contribution in [0.3, 0.4) is 0 Å². The number of carbonyl (C=O) groups is 1. The first-order chi connectivity index (χ1) is 21.2. The first-order valence-electron chi connectivity index (χ1n) is 14.5. The fraction of sp³-hybridized carbons (Fsp3) is 0.312. The smallest absolute Gasteiger partial charge is 0.346 e. The van der Waals surface area contributed by atoms with Gasteiger partial charge in [0.05, 0.1) is 43.3 Å². The van der Waals surface area contributed by atoms with Gasteiger partial charge in [0.15, 0.2) is 0 Å². The number of rotatable bonds is 8. The maximum absolute atomic E-state index is 13.0. The molecule has 11 nitrogen and oxygen atoms in total. The molecule has 6 rings (SSSR count). The summed E-state index contributed by atoms with van der Waals surface area (Å²) in [5, 5.41) is 12.0. The van der Waals surface area contributed by atoms with Crippen molar-refractivity contribution in [2.24, 2.45) is 0 Å². The molecule has 43 heavy (non-hydrogen) atoms. The normalized spacial score (nSPS) is 16.8. The Morgan fingerprint density at radius 3 is 2.56 bits per heavy atom. The van der Waals surface area contributed by atoms with Crippen molar-refractivity contribution in [2.45, 2.75) is 25.4 Å². The summed E-state index contributed by atoms with van der Waals surface area (Å²) < 4.78 is 7.33. The molecule has 4 aromatic rings. The SMILES string of the molecule is O=C(Nc1cccc(C#Cc2cnc(Nc3cnn(CCCN4CCOCC4)c3)nc2)c1)N1OCC[C@H]1c1ccccc1. The number of anilines is 3. The third kappa shape index (κ3) is 7.75. The topological polar surface area (TPSA) is 110 Å². The number of hydrogen-bond donors (Lipinski definition) is 2. The van der Waals surface area contributed by atoms with E-state index in [0.29, 0.717) is 23.8 Å². The van der Waals surface area contributed by atoms with Crippen molar-refractivity contribution in [3.63, 3.8) is 0 Å². The third-order valence-corrected chi connectivity index (χ3v) is 7.26. The minimum Gasteiger partial charge on any atom is -0.379 e. The number of nitrogens with zero attached hydrogens (tertiary/aromatic N) is 6. The molecule has 220 valence electrons. The molecule has 0 radical (unpaired) electrons. The second kappa shape index (κ2) is 13.9. The average molecular weight is 579 g/mol. The van der Waals surface area contributed by atoms with Crippen LogP contribution in [-0.4, -0.2) is 75.2 Å². The van der Waals surface area contributed by atoms with Gasteiger partial charge in [0.1, 0.15) is 0 Å². The number of nitrogens with one attached hydrogen (secondary N) is 2. The van der Waals surface area contributed by atoms with E-state index in [1.54, 1.807) is 18.6 Å². The molecule has 1 atom stereocenters. The molecule has 0 saturated carbocycles. The van der Waals surface area contributed by atoms with Gasteiger partial charge in [-0.05, 0) is 30.2 Å². The maximum Gasteiger partial charge on any atom is 0.346 e. The highest BCUT2D eigenvalue weighted by molar-refractivity contribution is 5.89. The summed E-state index contributed by atoms with van der Waals surface area (Å²) in [6, 6.07) is 16.9. The zero-order chi connectivity index (χ0) is 29.3. The highest BCUT2D eigenvalue weighted by atomic mass is 16.7. The number of aryl methyl sites for hydroxylation is 1. The van der Waals surface area contributed by atoms with E-state index >= 15 is 0 Å². The number of aromatic nitrogens is 4. The average Bonchev–Trinajstić information content (AvgIpc) is 3.72. The third-order valence-electron chi connectivity index (χ3n) is 7.26. The summed E-state index contributed by atoms with van der Waals surface area (Å²) in [4.78, 5) is 29.8. The molecule has 2 amide bonds. The van der Waals surface area contributed by atoms with Crippen LogP contribution in [0.5, 0.6) is 0 Å². The van der Waals surface area contributed by atoms with Gasteiger partial charge in [0.2, 0.25) is 5.95 Å². The van der Waals surface area contributed by atoms with Crippen LogP contribution in [0.15, 0.2) is 79.4 Å². The molecule has 2 aromatic heterocycles. The zero-order valence-electron chi connectivity index (χ0n) is 23.9. The molecular weight excluding hydrogens is 544 g/mol. The van der Waals surface area contributed by atoms with E-state index in [0.717, 1.165) is 69.0 Å². The van der Waals surface area contributed by atoms with Crippen LogP contribution in [-0.2, 0) is 16.1 Å². The molecule has 4 heterocycles. The Bertz CT molecular complexity index is 1560. The molecule has 0 aliphatic carbocycles. The first-order valence-corrected chi connectivity index (χ1v) is 14.5. The molecule has 2 aliphatic heterocycles. The summed E-state index contributed by atoms with van der Waals surface area (Å²) in [6.45, 7) is 6.02. The second-order valence-corrected chi connectivity index (χ2v) is 10.4. The van der Waals surface area contributed by atoms with Crippen molar-refractivity contribution in [3.05, 3.63) is 96.1 Å². The van der Waals surface area contributed by atoms with Crippen molar-refractivity contribution in [3.8, 4) is 11.8 Å². The van der Waals surface area contributed by atoms with Gasteiger partial charge in [0, 0.05) is 62.4 Å². The van der Waals surface area contributed by atoms with Gasteiger partial charge in [-0.2, -0.15) is 10.2 Å². The van der Waals surface area contributed by atoms with E-state index in [2.05, 4.69) is 42.4 Å². The molecular formula is C32H34N8O3. The van der Waals surface area contributed by atoms with Crippen molar-refractivity contribution < 1.29 is 14.4 Å². The summed E-state index contributed by atoms with van der Waals surface area (Å²) in [7, 11) is 0. The van der Waals surface area contributed by atoms with Gasteiger partial charge in [-0.25, -0.2) is 14.8 Å². The predicted molar refractivity (Wildman–Crippen MR) is 162 cm³/mol. The molecule has 2 saturated heterocycles. The van der Waals surface area contributed by atoms with Crippen LogP contribution < -0.4 is 10.6 Å². The fourth-order valence-electron chi connectivity index (χ4n) is 5.06. The minimum absolute atomic E-state index is 0.122. The zero-order valence-corrected chi connectivity index (χ0v) is 23.9. The summed E-state index contributed by atoms with van der Waals surface area (Å²) in [5.41, 5.74) is 3.94. The summed E-state index contributed by atoms with van der Waals surface area (Å²) in [6.07, 6.45) is 8.86. The largest absolute Gasteiger partial charge is 0.379 e. The van der Waals surface area contributed by atoms with E-state index in [1.165, 1.54) is 5.06 Å². The predicted octanol–water partition coefficient (Wildman–Crippen LogP) is 4.45. The lowest BCUT2D eigenvalue weighted by Crippen LogP contribution is -2.37. The van der Waals surface area contributed by atoms with Gasteiger partial charge in [-0.3, -0.25) is 14.4 Å². The van der Waals surface area contributed by atoms with Gasteiger partial charge in [-0.1, -0.05) is 48.2 Å². The quantitative estimate of drug-likeness (QED) is 0.295. The molecule has 2 fully saturated rings. The van der Waals surface area contributed by atoms with E-state index < -0.39 is 0 Å². The van der Waals surface area contributed by atoms with Gasteiger partial charge >= 0.3 is 6.03 Å². The molecule has 0 spiro atoms. The Balaban J connectivity index is 1.00. The number of amides is 2. The van der Waals surface area contributed by atoms with Crippen molar-refractivity contribution in [1.82, 2.24) is 29.7 Å². The summed E-state index contributed by atoms with van der Waals surface area (Å²) >= 11 is 0. The molecule has 0 bridgehead atoms. The Kier molecular flexibility index (Phi) is 9.19. The van der Waals surface area contributed by atoms with Gasteiger partial charge in [-0.15, -0.1) is 0 Å². The number of hydrogen-bond acceptors (Lipinski definition) is 8. The van der Waals surface area contributed by atoms with E-state index in [-0.39, 0.29) is 12.1 Å². The lowest BCUT2D eigenvalue weighted by atomic mass is 10.1. The van der Waals surface area contributed by atoms with Crippen molar-refractivity contribution >= 4 is 23.4 Å². The Labute approximate surface area is 250 Å². The van der Waals surface area contributed by atoms with E-state index in [9.17, 15) is 4.79 Å². The maximum atomic E-state index is 13.0. The van der Waals surface area contributed by atoms with Crippen LogP contribution in [0.1, 0.15) is 35.6 Å². The Hall–Kier alpha value is -4.76. The van der Waals surface area contributed by atoms with Crippen LogP contribution in [0.4, 0.5) is 22.1 Å². The van der Waals surface area contributed by atoms with E-state index in [1.807, 2.05) is 65.5 Å². The Morgan fingerprint density at radius 2 is 1.72 bits per heavy atom. The number of carbonyl (C=O) groups excluding carboxylic acids is 1. The van der Waals surface area contributed by atoms with Crippen LogP contribution in [0, 0.1) is 11.8 Å². The second-order valence-electron chi connectivity index (χ2n) is 10.4. The lowest BCUT2D eigenvalue weighted by molar-refractivity contribution is -0.0829. The number of morpholine rings is 1. The number of ether oxygens (including phenoxy) is 1. The standard InChI is InChI=1S/C32H34N8O3/c41-32(40-30(12-17-43-40)27-7-2-1-3-8-27)37-28-9-4-6-25(20-28)10-11-26-21-33-31(34-22-26)36-29-23-35-39(24-29)14-5-13-38-15-18-42-19-16-38/h1-4,6-9,20-24,30H,5,12-19H2,(H,37,41)(H,33,34,36)/t30-/m0/s1. The minimum atomic E-state index is -0.313. The Morgan fingerprint density at radius 1 is 0.907 bits per heavy atom. The fourth-order valence-corrected chi connectivity index (χ4v) is 5.06. The molecule has 2 aliphatic rings. The highest BCUT2D eigenvalue weighted by Crippen LogP contribution is 2.30. The van der Waals surface area contributed by atoms with Gasteiger partial charge < -0.3 is 15.4 Å². The lowest BCUT2D eigenvalue weighted by Gasteiger charge is -2.26. The molecule has 11 heteroatoms. The molecule has 2 N–H and O–H groups in total. The highest BCUT2D eigenvalue weighted by Gasteiger charge is 2.31. The number of urea groups is 1. The number of hydroxylamine groups is 2. The van der Waals surface area contributed by atoms with Crippen molar-refractivity contribution in [1.29, 1.82) is 0 Å². The molecule has 2 aromatic carbocycles. The summed E-state index contributed by atoms with van der Waals surface area (Å²) in [5.74, 6) is 6.69. The first kappa shape index (κ1) is 28.4. The van der Waals surface area contributed by atoms with Crippen LogP contribution in [0.2, 0.25) is 0 Å². The van der Waals surface area contributed by atoms with E-state index in [4.69, 9.17) is 9.57 Å². The van der Waals surface area contributed by atoms with Crippen LogP contribution >= 0.6 is 0 Å².